The van der Waals surface area contributed by atoms with Crippen molar-refractivity contribution < 1.29 is 9.53 Å². The maximum atomic E-state index is 12.9. The van der Waals surface area contributed by atoms with Gasteiger partial charge in [-0.25, -0.2) is 0 Å². The van der Waals surface area contributed by atoms with Gasteiger partial charge in [0.25, 0.3) is 0 Å². The zero-order valence-electron chi connectivity index (χ0n) is 11.6. The molecule has 0 unspecified atom stereocenters. The number of carbonyl (C=O) groups excluding carboxylic acids is 1. The number of hydrogen-bond donors (Lipinski definition) is 0. The van der Waals surface area contributed by atoms with E-state index in [4.69, 9.17) is 4.74 Å². The predicted molar refractivity (Wildman–Crippen MR) is 77.1 cm³/mol. The van der Waals surface area contributed by atoms with Crippen molar-refractivity contribution in [2.24, 2.45) is 5.41 Å². The molecule has 2 aliphatic rings. The molecule has 1 spiro atoms. The minimum absolute atomic E-state index is 0.121. The van der Waals surface area contributed by atoms with Gasteiger partial charge in [-0.3, -0.25) is 4.79 Å². The lowest BCUT2D eigenvalue weighted by atomic mass is 10.0. The van der Waals surface area contributed by atoms with Gasteiger partial charge in [-0.15, -0.1) is 0 Å². The Labute approximate surface area is 118 Å². The number of benzene rings is 2. The third kappa shape index (κ3) is 1.17. The molecular formula is C18H16O2. The van der Waals surface area contributed by atoms with Gasteiger partial charge in [-0.05, 0) is 17.7 Å². The van der Waals surface area contributed by atoms with Crippen molar-refractivity contribution in [1.29, 1.82) is 0 Å². The molecule has 2 nitrogen and oxygen atoms in total. The van der Waals surface area contributed by atoms with Crippen molar-refractivity contribution in [3.8, 4) is 5.75 Å². The fourth-order valence-corrected chi connectivity index (χ4v) is 3.80. The molecule has 2 aromatic carbocycles. The summed E-state index contributed by atoms with van der Waals surface area (Å²) in [4.78, 5) is 12.9. The number of fused-ring (bicyclic) bond motifs is 1. The molecule has 0 amide bonds. The Morgan fingerprint density at radius 2 is 1.60 bits per heavy atom. The average Bonchev–Trinajstić information content (AvgIpc) is 2.79. The van der Waals surface area contributed by atoms with Crippen molar-refractivity contribution in [3.05, 3.63) is 65.7 Å². The maximum absolute atomic E-state index is 12.9. The first-order valence-corrected chi connectivity index (χ1v) is 6.97. The van der Waals surface area contributed by atoms with E-state index in [-0.39, 0.29) is 17.1 Å². The lowest BCUT2D eigenvalue weighted by molar-refractivity contribution is 0.0748. The second-order valence-electron chi connectivity index (χ2n) is 6.23. The minimum atomic E-state index is -0.710. The van der Waals surface area contributed by atoms with Crippen LogP contribution in [0.4, 0.5) is 0 Å². The first kappa shape index (κ1) is 11.7. The highest BCUT2D eigenvalue weighted by atomic mass is 16.5. The van der Waals surface area contributed by atoms with Crippen LogP contribution in [-0.4, -0.2) is 11.4 Å². The summed E-state index contributed by atoms with van der Waals surface area (Å²) < 4.78 is 6.15. The molecule has 20 heavy (non-hydrogen) atoms. The van der Waals surface area contributed by atoms with Crippen LogP contribution in [-0.2, 0) is 0 Å². The summed E-state index contributed by atoms with van der Waals surface area (Å²) in [6, 6.07) is 17.8. The summed E-state index contributed by atoms with van der Waals surface area (Å²) in [5.74, 6) is 0.979. The molecule has 0 N–H and O–H groups in total. The highest BCUT2D eigenvalue weighted by Gasteiger charge is 2.80. The number of ether oxygens (including phenoxy) is 1. The first-order valence-electron chi connectivity index (χ1n) is 6.97. The topological polar surface area (TPSA) is 26.3 Å². The lowest BCUT2D eigenvalue weighted by Crippen LogP contribution is -2.29. The molecule has 0 aromatic heterocycles. The summed E-state index contributed by atoms with van der Waals surface area (Å²) >= 11 is 0. The van der Waals surface area contributed by atoms with E-state index in [0.717, 1.165) is 11.3 Å². The third-order valence-electron chi connectivity index (χ3n) is 4.87. The number of para-hydroxylation sites is 1. The largest absolute Gasteiger partial charge is 0.477 e. The van der Waals surface area contributed by atoms with Crippen LogP contribution in [0.1, 0.15) is 35.7 Å². The van der Waals surface area contributed by atoms with E-state index in [9.17, 15) is 4.79 Å². The van der Waals surface area contributed by atoms with E-state index in [1.807, 2.05) is 42.5 Å². The van der Waals surface area contributed by atoms with Crippen LogP contribution < -0.4 is 4.74 Å². The fourth-order valence-electron chi connectivity index (χ4n) is 3.80. The van der Waals surface area contributed by atoms with Crippen LogP contribution in [0.15, 0.2) is 54.6 Å². The van der Waals surface area contributed by atoms with Crippen molar-refractivity contribution in [2.45, 2.75) is 25.4 Å². The molecule has 2 aromatic rings. The van der Waals surface area contributed by atoms with E-state index in [1.54, 1.807) is 0 Å². The van der Waals surface area contributed by atoms with Crippen molar-refractivity contribution >= 4 is 5.78 Å². The van der Waals surface area contributed by atoms with Gasteiger partial charge >= 0.3 is 0 Å². The molecule has 2 heteroatoms. The molecule has 1 saturated carbocycles. The Morgan fingerprint density at radius 1 is 0.950 bits per heavy atom. The van der Waals surface area contributed by atoms with Gasteiger partial charge < -0.3 is 4.74 Å². The Balaban J connectivity index is 1.83. The van der Waals surface area contributed by atoms with Gasteiger partial charge in [0, 0.05) is 11.3 Å². The Hall–Kier alpha value is -2.09. The number of hydrogen-bond acceptors (Lipinski definition) is 2. The van der Waals surface area contributed by atoms with Crippen LogP contribution in [0.2, 0.25) is 0 Å². The highest BCUT2D eigenvalue weighted by molar-refractivity contribution is 6.11. The van der Waals surface area contributed by atoms with Crippen LogP contribution in [0.25, 0.3) is 0 Å². The predicted octanol–water partition coefficient (Wildman–Crippen LogP) is 3.82. The molecule has 1 aliphatic carbocycles. The van der Waals surface area contributed by atoms with Crippen LogP contribution in [0, 0.1) is 5.41 Å². The summed E-state index contributed by atoms with van der Waals surface area (Å²) in [6.45, 7) is 4.24. The Bertz CT molecular complexity index is 702. The van der Waals surface area contributed by atoms with Gasteiger partial charge in [0.15, 0.2) is 5.60 Å². The van der Waals surface area contributed by atoms with E-state index in [2.05, 4.69) is 26.0 Å². The summed E-state index contributed by atoms with van der Waals surface area (Å²) in [5.41, 5.74) is 1.01. The summed E-state index contributed by atoms with van der Waals surface area (Å²) in [7, 11) is 0. The van der Waals surface area contributed by atoms with E-state index < -0.39 is 5.60 Å². The number of carbonyl (C=O) groups is 1. The zero-order valence-corrected chi connectivity index (χ0v) is 11.6. The maximum Gasteiger partial charge on any atom is 0.211 e. The fraction of sp³-hybridized carbons (Fsp3) is 0.278. The SMILES string of the molecule is CC1(C)[C@H](c2ccccc2)[C@]12Oc1ccccc1C2=O. The average molecular weight is 264 g/mol. The summed E-state index contributed by atoms with van der Waals surface area (Å²) in [6.07, 6.45) is 0. The molecule has 1 fully saturated rings. The van der Waals surface area contributed by atoms with Crippen molar-refractivity contribution in [3.63, 3.8) is 0 Å². The van der Waals surface area contributed by atoms with Gasteiger partial charge in [0.05, 0.1) is 5.56 Å². The summed E-state index contributed by atoms with van der Waals surface area (Å²) in [5, 5.41) is 0. The van der Waals surface area contributed by atoms with Crippen LogP contribution >= 0.6 is 0 Å². The molecular weight excluding hydrogens is 248 g/mol. The molecule has 1 aliphatic heterocycles. The quantitative estimate of drug-likeness (QED) is 0.782. The number of Topliss-reactive ketones (excluding diaryl/α,β-unsaturated/α-hetero) is 1. The molecule has 0 radical (unpaired) electrons. The molecule has 100 valence electrons. The molecule has 4 rings (SSSR count). The Morgan fingerprint density at radius 3 is 2.30 bits per heavy atom. The second kappa shape index (κ2) is 3.51. The van der Waals surface area contributed by atoms with Crippen molar-refractivity contribution in [1.82, 2.24) is 0 Å². The van der Waals surface area contributed by atoms with Crippen LogP contribution in [0.3, 0.4) is 0 Å². The monoisotopic (exact) mass is 264 g/mol. The normalized spacial score (nSPS) is 29.1. The lowest BCUT2D eigenvalue weighted by Gasteiger charge is -2.11. The Kier molecular flexibility index (Phi) is 2.06. The zero-order chi connectivity index (χ0) is 14.0. The van der Waals surface area contributed by atoms with Gasteiger partial charge in [0.2, 0.25) is 5.78 Å². The van der Waals surface area contributed by atoms with Gasteiger partial charge in [0.1, 0.15) is 5.75 Å². The first-order chi connectivity index (χ1) is 9.59. The highest BCUT2D eigenvalue weighted by Crippen LogP contribution is 2.72. The van der Waals surface area contributed by atoms with E-state index >= 15 is 0 Å². The molecule has 1 heterocycles. The van der Waals surface area contributed by atoms with E-state index in [1.165, 1.54) is 5.56 Å². The standard InChI is InChI=1S/C18H16O2/c1-17(2)15(12-8-4-3-5-9-12)18(17)16(19)13-10-6-7-11-14(13)20-18/h3-11,15H,1-2H3/t15-,18+/m0/s1. The number of ketones is 1. The third-order valence-corrected chi connectivity index (χ3v) is 4.87. The minimum Gasteiger partial charge on any atom is -0.477 e. The molecule has 2 atom stereocenters. The van der Waals surface area contributed by atoms with Gasteiger partial charge in [-0.1, -0.05) is 56.3 Å². The van der Waals surface area contributed by atoms with Crippen LogP contribution in [0.5, 0.6) is 5.75 Å². The van der Waals surface area contributed by atoms with Gasteiger partial charge in [-0.2, -0.15) is 0 Å². The smallest absolute Gasteiger partial charge is 0.211 e. The van der Waals surface area contributed by atoms with E-state index in [0.29, 0.717) is 0 Å². The second-order valence-corrected chi connectivity index (χ2v) is 6.23. The molecule has 0 saturated heterocycles. The number of rotatable bonds is 1. The molecule has 0 bridgehead atoms. The van der Waals surface area contributed by atoms with Crippen molar-refractivity contribution in [2.75, 3.05) is 0 Å².